The largest absolute Gasteiger partial charge is 0.491 e. The van der Waals surface area contributed by atoms with Crippen molar-refractivity contribution in [1.82, 2.24) is 0 Å². The van der Waals surface area contributed by atoms with E-state index in [1.165, 1.54) is 43.1 Å². The van der Waals surface area contributed by atoms with Gasteiger partial charge in [0.2, 0.25) is 0 Å². The predicted octanol–water partition coefficient (Wildman–Crippen LogP) is 7.24. The number of ether oxygens (including phenoxy) is 2. The molecule has 1 unspecified atom stereocenters. The van der Waals surface area contributed by atoms with Crippen molar-refractivity contribution >= 4 is 43.1 Å². The Morgan fingerprint density at radius 3 is 1.38 bits per heavy atom. The van der Waals surface area contributed by atoms with Crippen LogP contribution in [0, 0.1) is 0 Å². The lowest BCUT2D eigenvalue weighted by molar-refractivity contribution is 0.131. The van der Waals surface area contributed by atoms with E-state index in [-0.39, 0.29) is 12.2 Å². The third kappa shape index (κ3) is 2.63. The van der Waals surface area contributed by atoms with Crippen LogP contribution >= 0.6 is 0 Å². The van der Waals surface area contributed by atoms with Crippen LogP contribution in [0.25, 0.3) is 43.1 Å². The summed E-state index contributed by atoms with van der Waals surface area (Å²) in [5.74, 6) is 1.83. The van der Waals surface area contributed by atoms with Gasteiger partial charge in [-0.1, -0.05) is 48.5 Å². The van der Waals surface area contributed by atoms with Crippen molar-refractivity contribution < 1.29 is 9.47 Å². The summed E-state index contributed by atoms with van der Waals surface area (Å²) in [4.78, 5) is 0. The smallest absolute Gasteiger partial charge is 0.120 e. The van der Waals surface area contributed by atoms with Crippen molar-refractivity contribution in [3.05, 3.63) is 72.8 Å². The van der Waals surface area contributed by atoms with Gasteiger partial charge in [-0.3, -0.25) is 0 Å². The highest BCUT2D eigenvalue weighted by Crippen LogP contribution is 2.39. The van der Waals surface area contributed by atoms with Gasteiger partial charge in [-0.2, -0.15) is 0 Å². The molecule has 6 rings (SSSR count). The zero-order valence-corrected chi connectivity index (χ0v) is 16.6. The lowest BCUT2D eigenvalue weighted by Gasteiger charge is -2.20. The summed E-state index contributed by atoms with van der Waals surface area (Å²) in [5, 5.41) is 10.0. The van der Waals surface area contributed by atoms with Crippen LogP contribution in [0.15, 0.2) is 72.8 Å². The first-order chi connectivity index (χ1) is 14.2. The first-order valence-electron chi connectivity index (χ1n) is 10.3. The van der Waals surface area contributed by atoms with Gasteiger partial charge in [-0.05, 0) is 81.2 Å². The summed E-state index contributed by atoms with van der Waals surface area (Å²) in [7, 11) is 0. The average Bonchev–Trinajstić information content (AvgIpc) is 2.72. The number of hydrogen-bond acceptors (Lipinski definition) is 2. The molecule has 2 atom stereocenters. The van der Waals surface area contributed by atoms with Gasteiger partial charge in [0.1, 0.15) is 11.5 Å². The third-order valence-electron chi connectivity index (χ3n) is 6.08. The van der Waals surface area contributed by atoms with Crippen LogP contribution in [0.1, 0.15) is 20.3 Å². The SMILES string of the molecule is CC1C[C@H](C)Oc2ccc3ccc4ccc5ccc6ccc(cc6c5c4c3c2)O1. The fourth-order valence-corrected chi connectivity index (χ4v) is 4.82. The Balaban J connectivity index is 1.85. The molecule has 1 aliphatic heterocycles. The van der Waals surface area contributed by atoms with E-state index >= 15 is 0 Å². The molecule has 0 radical (unpaired) electrons. The zero-order valence-electron chi connectivity index (χ0n) is 16.6. The highest BCUT2D eigenvalue weighted by Gasteiger charge is 2.16. The molecular formula is C27H22O2. The number of fused-ring (bicyclic) bond motifs is 2. The van der Waals surface area contributed by atoms with Gasteiger partial charge < -0.3 is 9.47 Å². The Kier molecular flexibility index (Phi) is 3.52. The molecule has 4 bridgehead atoms. The highest BCUT2D eigenvalue weighted by atomic mass is 16.5. The van der Waals surface area contributed by atoms with Crippen LogP contribution in [-0.4, -0.2) is 12.2 Å². The third-order valence-corrected chi connectivity index (χ3v) is 6.08. The Morgan fingerprint density at radius 1 is 0.552 bits per heavy atom. The van der Waals surface area contributed by atoms with Gasteiger partial charge in [0.15, 0.2) is 0 Å². The van der Waals surface area contributed by atoms with E-state index in [1.54, 1.807) is 0 Å². The molecule has 2 heteroatoms. The fourth-order valence-electron chi connectivity index (χ4n) is 4.82. The van der Waals surface area contributed by atoms with Crippen LogP contribution in [0.5, 0.6) is 11.5 Å². The monoisotopic (exact) mass is 378 g/mol. The molecule has 142 valence electrons. The standard InChI is InChI=1S/C27H22O2/c1-16-13-17(2)29-23-12-10-19-4-6-21-8-7-20-5-3-18-9-11-22(28-16)14-24(18)26(20)27(21)25(19)15-23/h3-12,14-17H,13H2,1-2H3/t16-,17?/m0/s1. The Hall–Kier alpha value is -3.26. The van der Waals surface area contributed by atoms with Gasteiger partial charge in [-0.15, -0.1) is 0 Å². The van der Waals surface area contributed by atoms with E-state index in [0.717, 1.165) is 17.9 Å². The van der Waals surface area contributed by atoms with Gasteiger partial charge in [-0.25, -0.2) is 0 Å². The second-order valence-corrected chi connectivity index (χ2v) is 8.25. The second-order valence-electron chi connectivity index (χ2n) is 8.25. The minimum absolute atomic E-state index is 0.0734. The van der Waals surface area contributed by atoms with Crippen molar-refractivity contribution in [2.45, 2.75) is 32.5 Å². The van der Waals surface area contributed by atoms with Crippen LogP contribution in [0.3, 0.4) is 0 Å². The molecular weight excluding hydrogens is 356 g/mol. The molecule has 0 aromatic heterocycles. The normalized spacial score (nSPS) is 19.1. The molecule has 0 amide bonds. The first-order valence-corrected chi connectivity index (χ1v) is 10.3. The van der Waals surface area contributed by atoms with Crippen LogP contribution < -0.4 is 9.47 Å². The van der Waals surface area contributed by atoms with Gasteiger partial charge >= 0.3 is 0 Å². The van der Waals surface area contributed by atoms with Crippen molar-refractivity contribution in [3.8, 4) is 11.5 Å². The summed E-state index contributed by atoms with van der Waals surface area (Å²) in [6, 6.07) is 26.2. The summed E-state index contributed by atoms with van der Waals surface area (Å²) in [5.41, 5.74) is 0. The van der Waals surface area contributed by atoms with Gasteiger partial charge in [0, 0.05) is 6.42 Å². The fraction of sp³-hybridized carbons (Fsp3) is 0.185. The number of hydrogen-bond donors (Lipinski definition) is 0. The maximum absolute atomic E-state index is 6.28. The maximum Gasteiger partial charge on any atom is 0.120 e. The summed E-state index contributed by atoms with van der Waals surface area (Å²) in [6.45, 7) is 4.23. The van der Waals surface area contributed by atoms with Crippen molar-refractivity contribution in [2.24, 2.45) is 0 Å². The Labute approximate surface area is 169 Å². The molecule has 0 N–H and O–H groups in total. The first kappa shape index (κ1) is 16.7. The Bertz CT molecular complexity index is 1300. The van der Waals surface area contributed by atoms with E-state index in [0.29, 0.717) is 0 Å². The van der Waals surface area contributed by atoms with Crippen LogP contribution in [0.4, 0.5) is 0 Å². The highest BCUT2D eigenvalue weighted by molar-refractivity contribution is 6.27. The molecule has 5 aromatic carbocycles. The topological polar surface area (TPSA) is 18.5 Å². The summed E-state index contributed by atoms with van der Waals surface area (Å²) >= 11 is 0. The van der Waals surface area contributed by atoms with E-state index in [2.05, 4.69) is 86.6 Å². The van der Waals surface area contributed by atoms with Crippen molar-refractivity contribution in [2.75, 3.05) is 0 Å². The van der Waals surface area contributed by atoms with E-state index in [1.807, 2.05) is 0 Å². The predicted molar refractivity (Wildman–Crippen MR) is 121 cm³/mol. The Morgan fingerprint density at radius 2 is 0.931 bits per heavy atom. The van der Waals surface area contributed by atoms with Crippen molar-refractivity contribution in [3.63, 3.8) is 0 Å². The molecule has 29 heavy (non-hydrogen) atoms. The lowest BCUT2D eigenvalue weighted by atomic mass is 9.93. The van der Waals surface area contributed by atoms with E-state index in [9.17, 15) is 0 Å². The molecule has 5 aromatic rings. The van der Waals surface area contributed by atoms with Crippen LogP contribution in [0.2, 0.25) is 0 Å². The van der Waals surface area contributed by atoms with E-state index < -0.39 is 0 Å². The maximum atomic E-state index is 6.28. The quantitative estimate of drug-likeness (QED) is 0.264. The molecule has 0 aliphatic carbocycles. The van der Waals surface area contributed by atoms with E-state index in [4.69, 9.17) is 9.47 Å². The summed E-state index contributed by atoms with van der Waals surface area (Å²) in [6.07, 6.45) is 0.978. The number of rotatable bonds is 0. The van der Waals surface area contributed by atoms with Crippen LogP contribution in [-0.2, 0) is 0 Å². The van der Waals surface area contributed by atoms with Gasteiger partial charge in [0.05, 0.1) is 12.2 Å². The molecule has 0 saturated carbocycles. The molecule has 0 fully saturated rings. The average molecular weight is 378 g/mol. The molecule has 0 spiro atoms. The van der Waals surface area contributed by atoms with Gasteiger partial charge in [0.25, 0.3) is 0 Å². The molecule has 1 heterocycles. The minimum atomic E-state index is 0.0734. The second kappa shape index (κ2) is 6.12. The number of benzene rings is 5. The lowest BCUT2D eigenvalue weighted by Crippen LogP contribution is -2.22. The minimum Gasteiger partial charge on any atom is -0.491 e. The summed E-state index contributed by atoms with van der Waals surface area (Å²) < 4.78 is 12.6. The molecule has 2 nitrogen and oxygen atoms in total. The zero-order chi connectivity index (χ0) is 19.5. The molecule has 1 aliphatic rings. The van der Waals surface area contributed by atoms with Crippen molar-refractivity contribution in [1.29, 1.82) is 0 Å². The molecule has 0 saturated heterocycles.